The predicted molar refractivity (Wildman–Crippen MR) is 108 cm³/mol. The molecule has 0 saturated carbocycles. The summed E-state index contributed by atoms with van der Waals surface area (Å²) < 4.78 is 13.8. The molecule has 1 aliphatic heterocycles. The number of halogens is 2. The largest absolute Gasteiger partial charge is 0.372 e. The fourth-order valence-corrected chi connectivity index (χ4v) is 3.66. The normalized spacial score (nSPS) is 17.9. The van der Waals surface area contributed by atoms with Crippen molar-refractivity contribution in [2.24, 2.45) is 0 Å². The highest BCUT2D eigenvalue weighted by atomic mass is 35.5. The van der Waals surface area contributed by atoms with Crippen molar-refractivity contribution in [3.05, 3.63) is 94.8 Å². The van der Waals surface area contributed by atoms with Crippen LogP contribution in [0.1, 0.15) is 11.1 Å². The highest BCUT2D eigenvalue weighted by Crippen LogP contribution is 2.44. The van der Waals surface area contributed by atoms with E-state index in [1.165, 1.54) is 23.1 Å². The third kappa shape index (κ3) is 3.26. The highest BCUT2D eigenvalue weighted by molar-refractivity contribution is 6.33. The van der Waals surface area contributed by atoms with Crippen molar-refractivity contribution in [3.8, 4) is 0 Å². The number of aliphatic hydroxyl groups is 1. The van der Waals surface area contributed by atoms with Gasteiger partial charge in [0.1, 0.15) is 12.4 Å². The number of amides is 2. The van der Waals surface area contributed by atoms with Crippen molar-refractivity contribution in [3.63, 3.8) is 0 Å². The molecule has 0 fully saturated rings. The molecule has 0 bridgehead atoms. The zero-order chi connectivity index (χ0) is 20.6. The number of para-hydroxylation sites is 2. The molecule has 0 spiro atoms. The van der Waals surface area contributed by atoms with Gasteiger partial charge in [-0.1, -0.05) is 54.1 Å². The minimum atomic E-state index is -2.08. The third-order valence-electron chi connectivity index (χ3n) is 4.83. The molecule has 5 nitrogen and oxygen atoms in total. The molecule has 0 aliphatic carbocycles. The number of benzene rings is 3. The predicted octanol–water partition coefficient (Wildman–Crippen LogP) is 3.70. The molecule has 2 amide bonds. The van der Waals surface area contributed by atoms with E-state index >= 15 is 0 Å². The first-order valence-corrected chi connectivity index (χ1v) is 9.23. The second-order valence-corrected chi connectivity index (χ2v) is 7.06. The lowest BCUT2D eigenvalue weighted by atomic mass is 9.87. The van der Waals surface area contributed by atoms with E-state index in [1.807, 2.05) is 0 Å². The summed E-state index contributed by atoms with van der Waals surface area (Å²) in [5, 5.41) is 14.3. The molecular formula is C22H16ClFN2O3. The molecule has 3 aromatic rings. The highest BCUT2D eigenvalue weighted by Gasteiger charge is 2.51. The molecule has 7 heteroatoms. The van der Waals surface area contributed by atoms with Gasteiger partial charge in [-0.15, -0.1) is 0 Å². The Kier molecular flexibility index (Phi) is 4.82. The lowest BCUT2D eigenvalue weighted by molar-refractivity contribution is -0.133. The van der Waals surface area contributed by atoms with Gasteiger partial charge in [-0.3, -0.25) is 14.5 Å². The summed E-state index contributed by atoms with van der Waals surface area (Å²) in [6.45, 7) is -0.335. The first kappa shape index (κ1) is 19.1. The van der Waals surface area contributed by atoms with E-state index in [-0.39, 0.29) is 12.1 Å². The van der Waals surface area contributed by atoms with E-state index in [0.717, 1.165) is 6.07 Å². The Morgan fingerprint density at radius 3 is 2.55 bits per heavy atom. The van der Waals surface area contributed by atoms with Crippen molar-refractivity contribution in [2.75, 3.05) is 16.8 Å². The van der Waals surface area contributed by atoms with Crippen LogP contribution in [-0.2, 0) is 15.2 Å². The minimum absolute atomic E-state index is 0.101. The fraction of sp³-hybridized carbons (Fsp3) is 0.0909. The van der Waals surface area contributed by atoms with Gasteiger partial charge in [-0.25, -0.2) is 4.39 Å². The molecule has 1 aliphatic rings. The first-order valence-electron chi connectivity index (χ1n) is 8.85. The molecule has 29 heavy (non-hydrogen) atoms. The van der Waals surface area contributed by atoms with Crippen LogP contribution >= 0.6 is 11.6 Å². The number of fused-ring (bicyclic) bond motifs is 1. The maximum Gasteiger partial charge on any atom is 0.268 e. The van der Waals surface area contributed by atoms with Gasteiger partial charge in [-0.05, 0) is 30.3 Å². The van der Waals surface area contributed by atoms with Crippen LogP contribution in [0.2, 0.25) is 5.02 Å². The standard InChI is InChI=1S/C22H16ClFN2O3/c23-17-9-2-3-10-18(17)25-20(27)13-26-19-11-4-1-8-16(19)22(29,21(26)28)14-6-5-7-15(24)12-14/h1-12,29H,13H2,(H,25,27). The average Bonchev–Trinajstić information content (AvgIpc) is 2.93. The van der Waals surface area contributed by atoms with E-state index < -0.39 is 23.2 Å². The Bertz CT molecular complexity index is 1120. The summed E-state index contributed by atoms with van der Waals surface area (Å²) >= 11 is 6.06. The van der Waals surface area contributed by atoms with Gasteiger partial charge in [-0.2, -0.15) is 0 Å². The molecule has 146 valence electrons. The number of nitrogens with one attached hydrogen (secondary N) is 1. The molecule has 4 rings (SSSR count). The maximum absolute atomic E-state index is 13.8. The minimum Gasteiger partial charge on any atom is -0.372 e. The summed E-state index contributed by atoms with van der Waals surface area (Å²) in [7, 11) is 0. The molecule has 1 atom stereocenters. The molecule has 1 heterocycles. The van der Waals surface area contributed by atoms with Gasteiger partial charge >= 0.3 is 0 Å². The Morgan fingerprint density at radius 2 is 1.79 bits per heavy atom. The molecule has 0 radical (unpaired) electrons. The van der Waals surface area contributed by atoms with Crippen molar-refractivity contribution in [2.45, 2.75) is 5.60 Å². The number of carbonyl (C=O) groups excluding carboxylic acids is 2. The SMILES string of the molecule is O=C(CN1C(=O)C(O)(c2cccc(F)c2)c2ccccc21)Nc1ccccc1Cl. The Balaban J connectivity index is 1.68. The van der Waals surface area contributed by atoms with Crippen LogP contribution in [0, 0.1) is 5.82 Å². The van der Waals surface area contributed by atoms with Gasteiger partial charge in [0.05, 0.1) is 16.4 Å². The summed E-state index contributed by atoms with van der Waals surface area (Å²) in [4.78, 5) is 27.0. The molecule has 1 unspecified atom stereocenters. The number of rotatable bonds is 4. The lowest BCUT2D eigenvalue weighted by Crippen LogP contribution is -2.44. The van der Waals surface area contributed by atoms with Crippen LogP contribution in [-0.4, -0.2) is 23.5 Å². The Morgan fingerprint density at radius 1 is 1.07 bits per heavy atom. The van der Waals surface area contributed by atoms with E-state index in [4.69, 9.17) is 11.6 Å². The van der Waals surface area contributed by atoms with Crippen LogP contribution < -0.4 is 10.2 Å². The smallest absolute Gasteiger partial charge is 0.268 e. The molecule has 0 saturated heterocycles. The summed E-state index contributed by atoms with van der Waals surface area (Å²) in [5.74, 6) is -1.78. The zero-order valence-corrected chi connectivity index (χ0v) is 15.9. The first-order chi connectivity index (χ1) is 13.9. The van der Waals surface area contributed by atoms with E-state index in [1.54, 1.807) is 48.5 Å². The second-order valence-electron chi connectivity index (χ2n) is 6.66. The third-order valence-corrected chi connectivity index (χ3v) is 5.16. The second kappa shape index (κ2) is 7.31. The summed E-state index contributed by atoms with van der Waals surface area (Å²) in [6, 6.07) is 18.6. The van der Waals surface area contributed by atoms with Crippen LogP contribution in [0.15, 0.2) is 72.8 Å². The average molecular weight is 411 g/mol. The Hall–Kier alpha value is -3.22. The van der Waals surface area contributed by atoms with E-state index in [9.17, 15) is 19.1 Å². The summed E-state index contributed by atoms with van der Waals surface area (Å²) in [6.07, 6.45) is 0. The quantitative estimate of drug-likeness (QED) is 0.689. The van der Waals surface area contributed by atoms with Gasteiger partial charge in [0.25, 0.3) is 5.91 Å². The number of anilines is 2. The lowest BCUT2D eigenvalue weighted by Gasteiger charge is -2.23. The number of carbonyl (C=O) groups is 2. The van der Waals surface area contributed by atoms with Crippen molar-refractivity contribution >= 4 is 34.8 Å². The van der Waals surface area contributed by atoms with E-state index in [2.05, 4.69) is 5.32 Å². The Labute approximate surface area is 171 Å². The van der Waals surface area contributed by atoms with E-state index in [0.29, 0.717) is 22.0 Å². The molecule has 2 N–H and O–H groups in total. The van der Waals surface area contributed by atoms with Crippen LogP contribution in [0.3, 0.4) is 0 Å². The van der Waals surface area contributed by atoms with Crippen LogP contribution in [0.25, 0.3) is 0 Å². The molecule has 3 aromatic carbocycles. The van der Waals surface area contributed by atoms with Gasteiger partial charge < -0.3 is 10.4 Å². The monoisotopic (exact) mass is 410 g/mol. The van der Waals surface area contributed by atoms with Gasteiger partial charge in [0, 0.05) is 11.1 Å². The number of hydrogen-bond acceptors (Lipinski definition) is 3. The maximum atomic E-state index is 13.8. The summed E-state index contributed by atoms with van der Waals surface area (Å²) in [5.41, 5.74) is -0.883. The van der Waals surface area contributed by atoms with Crippen molar-refractivity contribution < 1.29 is 19.1 Å². The van der Waals surface area contributed by atoms with Crippen LogP contribution in [0.5, 0.6) is 0 Å². The molecule has 0 aromatic heterocycles. The zero-order valence-electron chi connectivity index (χ0n) is 15.1. The number of nitrogens with zero attached hydrogens (tertiary/aromatic N) is 1. The molecular weight excluding hydrogens is 395 g/mol. The van der Waals surface area contributed by atoms with Gasteiger partial charge in [0.15, 0.2) is 5.60 Å². The van der Waals surface area contributed by atoms with Crippen molar-refractivity contribution in [1.82, 2.24) is 0 Å². The number of hydrogen-bond donors (Lipinski definition) is 2. The van der Waals surface area contributed by atoms with Crippen LogP contribution in [0.4, 0.5) is 15.8 Å². The van der Waals surface area contributed by atoms with Crippen molar-refractivity contribution in [1.29, 1.82) is 0 Å². The van der Waals surface area contributed by atoms with Gasteiger partial charge in [0.2, 0.25) is 5.91 Å². The topological polar surface area (TPSA) is 69.6 Å². The fourth-order valence-electron chi connectivity index (χ4n) is 3.48.